The number of aryl methyl sites for hydroxylation is 1. The summed E-state index contributed by atoms with van der Waals surface area (Å²) in [6.45, 7) is 7.69. The topological polar surface area (TPSA) is 106 Å². The van der Waals surface area contributed by atoms with Crippen molar-refractivity contribution in [2.24, 2.45) is 13.0 Å². The van der Waals surface area contributed by atoms with Gasteiger partial charge in [0.25, 0.3) is 5.91 Å². The number of halogens is 1. The Hall–Kier alpha value is -3.83. The van der Waals surface area contributed by atoms with Crippen LogP contribution in [0.25, 0.3) is 21.8 Å². The van der Waals surface area contributed by atoms with E-state index in [9.17, 15) is 9.18 Å². The van der Waals surface area contributed by atoms with Crippen LogP contribution in [0.4, 0.5) is 15.8 Å². The average Bonchev–Trinajstić information content (AvgIpc) is 3.22. The molecule has 4 aromatic rings. The summed E-state index contributed by atoms with van der Waals surface area (Å²) in [5.74, 6) is -0.591. The number of anilines is 2. The lowest BCUT2D eigenvalue weighted by Crippen LogP contribution is -2.54. The molecule has 2 atom stereocenters. The van der Waals surface area contributed by atoms with Crippen molar-refractivity contribution < 1.29 is 18.7 Å². The number of carbonyl (C=O) groups is 1. The number of carbonyl (C=O) groups excluding carboxylic acids is 1. The molecule has 0 unspecified atom stereocenters. The molecule has 198 valence electrons. The van der Waals surface area contributed by atoms with Gasteiger partial charge in [0.2, 0.25) is 0 Å². The van der Waals surface area contributed by atoms with Gasteiger partial charge in [0.1, 0.15) is 5.52 Å². The molecule has 1 amide bonds. The number of nitrogens with one attached hydrogen (secondary N) is 2. The fourth-order valence-corrected chi connectivity index (χ4v) is 5.20. The maximum absolute atomic E-state index is 14.6. The van der Waals surface area contributed by atoms with Crippen LogP contribution in [0.2, 0.25) is 0 Å². The van der Waals surface area contributed by atoms with Crippen LogP contribution < -0.4 is 20.3 Å². The second-order valence-electron chi connectivity index (χ2n) is 10.3. The Morgan fingerprint density at radius 2 is 2.00 bits per heavy atom. The molecular weight excluding hydrogens is 489 g/mol. The summed E-state index contributed by atoms with van der Waals surface area (Å²) < 4.78 is 27.2. The van der Waals surface area contributed by atoms with E-state index in [2.05, 4.69) is 44.4 Å². The summed E-state index contributed by atoms with van der Waals surface area (Å²) in [4.78, 5) is 24.9. The van der Waals surface area contributed by atoms with Gasteiger partial charge in [-0.3, -0.25) is 9.48 Å². The minimum atomic E-state index is -0.501. The molecule has 4 heterocycles. The lowest BCUT2D eigenvalue weighted by molar-refractivity contribution is -0.0520. The summed E-state index contributed by atoms with van der Waals surface area (Å²) in [7, 11) is 1.72. The lowest BCUT2D eigenvalue weighted by Gasteiger charge is -2.38. The summed E-state index contributed by atoms with van der Waals surface area (Å²) >= 11 is 0. The van der Waals surface area contributed by atoms with E-state index in [0.717, 1.165) is 24.2 Å². The predicted octanol–water partition coefficient (Wildman–Crippen LogP) is 3.12. The van der Waals surface area contributed by atoms with Gasteiger partial charge in [-0.1, -0.05) is 0 Å². The fraction of sp³-hybridized carbons (Fsp3) is 0.407. The fourth-order valence-electron chi connectivity index (χ4n) is 5.20. The van der Waals surface area contributed by atoms with Crippen LogP contribution in [0, 0.1) is 11.7 Å². The highest BCUT2D eigenvalue weighted by Crippen LogP contribution is 2.31. The number of ether oxygens (including phenoxy) is 2. The average molecular weight is 520 g/mol. The summed E-state index contributed by atoms with van der Waals surface area (Å²) in [6, 6.07) is 7.50. The first-order valence-electron chi connectivity index (χ1n) is 12.8. The third-order valence-corrected chi connectivity index (χ3v) is 6.94. The molecule has 2 fully saturated rings. The van der Waals surface area contributed by atoms with Crippen LogP contribution in [0.3, 0.4) is 0 Å². The van der Waals surface area contributed by atoms with Crippen molar-refractivity contribution in [1.82, 2.24) is 25.1 Å². The molecule has 2 saturated heterocycles. The third-order valence-electron chi connectivity index (χ3n) is 6.94. The molecule has 2 aromatic heterocycles. The van der Waals surface area contributed by atoms with Crippen LogP contribution >= 0.6 is 0 Å². The predicted molar refractivity (Wildman–Crippen MR) is 142 cm³/mol. The number of benzene rings is 2. The molecule has 0 aliphatic carbocycles. The molecule has 2 aliphatic rings. The van der Waals surface area contributed by atoms with Gasteiger partial charge in [-0.2, -0.15) is 10.1 Å². The van der Waals surface area contributed by atoms with Crippen molar-refractivity contribution in [2.75, 3.05) is 43.1 Å². The molecule has 0 saturated carbocycles. The van der Waals surface area contributed by atoms with E-state index in [1.54, 1.807) is 31.6 Å². The summed E-state index contributed by atoms with van der Waals surface area (Å²) in [5, 5.41) is 11.9. The molecule has 0 spiro atoms. The molecule has 6 rings (SSSR count). The monoisotopic (exact) mass is 519 g/mol. The van der Waals surface area contributed by atoms with Crippen LogP contribution in [-0.4, -0.2) is 70.6 Å². The van der Waals surface area contributed by atoms with Gasteiger partial charge in [-0.05, 0) is 38.1 Å². The van der Waals surface area contributed by atoms with E-state index in [-0.39, 0.29) is 11.5 Å². The van der Waals surface area contributed by atoms with Gasteiger partial charge >= 0.3 is 6.01 Å². The van der Waals surface area contributed by atoms with Gasteiger partial charge in [-0.15, -0.1) is 0 Å². The molecule has 11 heteroatoms. The minimum Gasteiger partial charge on any atom is -0.463 e. The van der Waals surface area contributed by atoms with Crippen LogP contribution in [0.1, 0.15) is 24.2 Å². The normalized spacial score (nSPS) is 20.1. The van der Waals surface area contributed by atoms with E-state index < -0.39 is 11.7 Å². The second kappa shape index (κ2) is 9.80. The molecule has 0 bridgehead atoms. The lowest BCUT2D eigenvalue weighted by atomic mass is 10.0. The molecule has 2 aliphatic heterocycles. The zero-order valence-corrected chi connectivity index (χ0v) is 21.6. The SMILES string of the molecule is C[C@H]1CN(c2ccc(C(=O)Nc3cc(F)c4nn(C)cc4c3)c3nc(OCC4COC4)ncc23)C[C@H](C)N1. The molecular formula is C27H30FN7O3. The highest BCUT2D eigenvalue weighted by Gasteiger charge is 2.25. The number of piperazine rings is 1. The Balaban J connectivity index is 1.36. The number of hydrogen-bond donors (Lipinski definition) is 2. The number of amides is 1. The first kappa shape index (κ1) is 24.5. The zero-order chi connectivity index (χ0) is 26.4. The van der Waals surface area contributed by atoms with Gasteiger partial charge in [0.15, 0.2) is 5.82 Å². The molecule has 38 heavy (non-hydrogen) atoms. The summed E-state index contributed by atoms with van der Waals surface area (Å²) in [6.07, 6.45) is 3.43. The van der Waals surface area contributed by atoms with Crippen molar-refractivity contribution in [3.63, 3.8) is 0 Å². The van der Waals surface area contributed by atoms with E-state index in [1.165, 1.54) is 10.7 Å². The van der Waals surface area contributed by atoms with E-state index >= 15 is 0 Å². The Kier molecular flexibility index (Phi) is 6.32. The van der Waals surface area contributed by atoms with E-state index in [1.807, 2.05) is 6.07 Å². The van der Waals surface area contributed by atoms with Crippen molar-refractivity contribution in [2.45, 2.75) is 25.9 Å². The van der Waals surface area contributed by atoms with Gasteiger partial charge in [0, 0.05) is 72.7 Å². The van der Waals surface area contributed by atoms with Crippen LogP contribution in [0.5, 0.6) is 6.01 Å². The maximum Gasteiger partial charge on any atom is 0.316 e. The van der Waals surface area contributed by atoms with Crippen LogP contribution in [-0.2, 0) is 11.8 Å². The maximum atomic E-state index is 14.6. The Bertz CT molecular complexity index is 1510. The van der Waals surface area contributed by atoms with Gasteiger partial charge in [0.05, 0.1) is 30.9 Å². The zero-order valence-electron chi connectivity index (χ0n) is 21.6. The van der Waals surface area contributed by atoms with E-state index in [0.29, 0.717) is 60.0 Å². The highest BCUT2D eigenvalue weighted by atomic mass is 19.1. The third kappa shape index (κ3) is 4.74. The molecule has 10 nitrogen and oxygen atoms in total. The number of aromatic nitrogens is 4. The van der Waals surface area contributed by atoms with Gasteiger partial charge in [-0.25, -0.2) is 9.37 Å². The highest BCUT2D eigenvalue weighted by molar-refractivity contribution is 6.14. The van der Waals surface area contributed by atoms with Crippen molar-refractivity contribution in [3.8, 4) is 6.01 Å². The number of nitrogens with zero attached hydrogens (tertiary/aromatic N) is 5. The number of fused-ring (bicyclic) bond motifs is 2. The van der Waals surface area contributed by atoms with Crippen molar-refractivity contribution in [1.29, 1.82) is 0 Å². The standard InChI is InChI=1S/C27H30FN7O3/c1-15-9-35(10-16(2)30-15)23-5-4-20(25-21(23)8-29-27(32-25)38-14-17-12-37-13-17)26(36)31-19-6-18-11-34(3)33-24(18)22(28)7-19/h4-8,11,15-17,30H,9-10,12-14H2,1-3H3,(H,31,36)/t15-,16-/m0/s1. The smallest absolute Gasteiger partial charge is 0.316 e. The summed E-state index contributed by atoms with van der Waals surface area (Å²) in [5.41, 5.74) is 2.39. The molecule has 2 N–H and O–H groups in total. The first-order valence-corrected chi connectivity index (χ1v) is 12.8. The van der Waals surface area contributed by atoms with Gasteiger partial charge < -0.3 is 25.0 Å². The van der Waals surface area contributed by atoms with Crippen molar-refractivity contribution >= 4 is 39.1 Å². The molecule has 2 aromatic carbocycles. The Labute approximate surface area is 219 Å². The first-order chi connectivity index (χ1) is 18.3. The second-order valence-corrected chi connectivity index (χ2v) is 10.3. The minimum absolute atomic E-state index is 0.209. The largest absolute Gasteiger partial charge is 0.463 e. The van der Waals surface area contributed by atoms with E-state index in [4.69, 9.17) is 9.47 Å². The quantitative estimate of drug-likeness (QED) is 0.400. The molecule has 0 radical (unpaired) electrons. The van der Waals surface area contributed by atoms with Crippen molar-refractivity contribution in [3.05, 3.63) is 48.0 Å². The number of rotatable bonds is 6. The van der Waals surface area contributed by atoms with Crippen LogP contribution in [0.15, 0.2) is 36.7 Å². The number of hydrogen-bond acceptors (Lipinski definition) is 8. The Morgan fingerprint density at radius 1 is 1.21 bits per heavy atom. The Morgan fingerprint density at radius 3 is 2.74 bits per heavy atom.